The van der Waals surface area contributed by atoms with Crippen molar-refractivity contribution >= 4 is 29.1 Å². The number of benzene rings is 3. The SMILES string of the molecule is COCCCN1C(=O)C(=O)C(=C(O)c2ccc(Cl)cc2)C1c1cccc(OCc2ccccc2)c1. The molecule has 3 aromatic carbocycles. The molecule has 0 spiro atoms. The Morgan fingerprint density at radius 2 is 1.74 bits per heavy atom. The van der Waals surface area contributed by atoms with E-state index in [1.54, 1.807) is 37.4 Å². The smallest absolute Gasteiger partial charge is 0.295 e. The fourth-order valence-corrected chi connectivity index (χ4v) is 4.24. The van der Waals surface area contributed by atoms with Crippen molar-refractivity contribution in [1.29, 1.82) is 0 Å². The van der Waals surface area contributed by atoms with E-state index in [-0.39, 0.29) is 11.3 Å². The minimum atomic E-state index is -0.761. The maximum atomic E-state index is 13.1. The van der Waals surface area contributed by atoms with E-state index in [1.807, 2.05) is 48.5 Å². The molecule has 1 N–H and O–H groups in total. The van der Waals surface area contributed by atoms with Crippen molar-refractivity contribution in [3.05, 3.63) is 106 Å². The van der Waals surface area contributed by atoms with Gasteiger partial charge in [-0.3, -0.25) is 9.59 Å². The molecule has 1 aliphatic heterocycles. The van der Waals surface area contributed by atoms with Gasteiger partial charge in [-0.2, -0.15) is 0 Å². The molecule has 1 unspecified atom stereocenters. The number of hydrogen-bond acceptors (Lipinski definition) is 5. The topological polar surface area (TPSA) is 76.1 Å². The van der Waals surface area contributed by atoms with Crippen molar-refractivity contribution in [2.45, 2.75) is 19.1 Å². The van der Waals surface area contributed by atoms with Crippen LogP contribution in [0.3, 0.4) is 0 Å². The molecule has 35 heavy (non-hydrogen) atoms. The largest absolute Gasteiger partial charge is 0.507 e. The number of hydrogen-bond donors (Lipinski definition) is 1. The molecule has 0 bridgehead atoms. The summed E-state index contributed by atoms with van der Waals surface area (Å²) >= 11 is 5.99. The van der Waals surface area contributed by atoms with Crippen LogP contribution in [0, 0.1) is 0 Å². The van der Waals surface area contributed by atoms with Crippen LogP contribution < -0.4 is 4.74 Å². The number of aliphatic hydroxyl groups is 1. The number of ether oxygens (including phenoxy) is 2. The number of halogens is 1. The first-order valence-electron chi connectivity index (χ1n) is 11.3. The third-order valence-electron chi connectivity index (χ3n) is 5.83. The average Bonchev–Trinajstić information content (AvgIpc) is 3.13. The number of amides is 1. The van der Waals surface area contributed by atoms with E-state index in [0.29, 0.717) is 48.1 Å². The highest BCUT2D eigenvalue weighted by Gasteiger charge is 2.45. The van der Waals surface area contributed by atoms with Crippen LogP contribution in [0.2, 0.25) is 5.02 Å². The second-order valence-corrected chi connectivity index (χ2v) is 8.63. The van der Waals surface area contributed by atoms with Gasteiger partial charge >= 0.3 is 0 Å². The summed E-state index contributed by atoms with van der Waals surface area (Å²) in [4.78, 5) is 27.6. The van der Waals surface area contributed by atoms with Crippen LogP contribution in [0.4, 0.5) is 0 Å². The van der Waals surface area contributed by atoms with Gasteiger partial charge in [0.2, 0.25) is 0 Å². The Morgan fingerprint density at radius 3 is 2.46 bits per heavy atom. The third kappa shape index (κ3) is 5.56. The number of carbonyl (C=O) groups is 2. The number of Topliss-reactive ketones (excluding diaryl/α,β-unsaturated/α-hetero) is 1. The number of methoxy groups -OCH3 is 1. The number of rotatable bonds is 9. The predicted octanol–water partition coefficient (Wildman–Crippen LogP) is 5.38. The molecule has 3 aromatic rings. The van der Waals surface area contributed by atoms with Crippen LogP contribution in [0.5, 0.6) is 5.75 Å². The molecule has 0 saturated carbocycles. The van der Waals surface area contributed by atoms with Crippen LogP contribution in [0.25, 0.3) is 5.76 Å². The van der Waals surface area contributed by atoms with E-state index in [2.05, 4.69) is 0 Å². The number of aliphatic hydroxyl groups excluding tert-OH is 1. The van der Waals surface area contributed by atoms with Gasteiger partial charge < -0.3 is 19.5 Å². The van der Waals surface area contributed by atoms with E-state index >= 15 is 0 Å². The molecule has 0 aliphatic carbocycles. The van der Waals surface area contributed by atoms with Crippen molar-refractivity contribution in [3.8, 4) is 5.75 Å². The van der Waals surface area contributed by atoms with E-state index in [1.165, 1.54) is 4.90 Å². The van der Waals surface area contributed by atoms with Crippen molar-refractivity contribution in [1.82, 2.24) is 4.90 Å². The number of carbonyl (C=O) groups excluding carboxylic acids is 2. The van der Waals surface area contributed by atoms with Crippen LogP contribution in [0.1, 0.15) is 29.2 Å². The van der Waals surface area contributed by atoms with Crippen molar-refractivity contribution in [3.63, 3.8) is 0 Å². The zero-order valence-electron chi connectivity index (χ0n) is 19.3. The Balaban J connectivity index is 1.72. The Labute approximate surface area is 209 Å². The first kappa shape index (κ1) is 24.5. The summed E-state index contributed by atoms with van der Waals surface area (Å²) in [5, 5.41) is 11.6. The summed E-state index contributed by atoms with van der Waals surface area (Å²) in [6.07, 6.45) is 0.547. The highest BCUT2D eigenvalue weighted by atomic mass is 35.5. The molecule has 1 atom stereocenters. The molecule has 4 rings (SSSR count). The van der Waals surface area contributed by atoms with Gasteiger partial charge in [0, 0.05) is 30.8 Å². The van der Waals surface area contributed by atoms with Crippen LogP contribution in [0.15, 0.2) is 84.4 Å². The number of likely N-dealkylation sites (tertiary alicyclic amines) is 1. The zero-order valence-corrected chi connectivity index (χ0v) is 20.1. The second kappa shape index (κ2) is 11.2. The third-order valence-corrected chi connectivity index (χ3v) is 6.08. The molecular formula is C28H26ClNO5. The highest BCUT2D eigenvalue weighted by Crippen LogP contribution is 2.40. The first-order valence-corrected chi connectivity index (χ1v) is 11.7. The Kier molecular flexibility index (Phi) is 7.85. The summed E-state index contributed by atoms with van der Waals surface area (Å²) in [5.74, 6) is -1.03. The fraction of sp³-hybridized carbons (Fsp3) is 0.214. The van der Waals surface area contributed by atoms with E-state index in [0.717, 1.165) is 5.56 Å². The molecule has 7 heteroatoms. The van der Waals surface area contributed by atoms with Gasteiger partial charge in [-0.1, -0.05) is 54.1 Å². The summed E-state index contributed by atoms with van der Waals surface area (Å²) in [7, 11) is 1.58. The normalized spacial score (nSPS) is 17.1. The maximum absolute atomic E-state index is 13.1. The van der Waals surface area contributed by atoms with E-state index < -0.39 is 17.7 Å². The molecule has 0 radical (unpaired) electrons. The lowest BCUT2D eigenvalue weighted by atomic mass is 9.95. The lowest BCUT2D eigenvalue weighted by Gasteiger charge is -2.25. The Bertz CT molecular complexity index is 1220. The summed E-state index contributed by atoms with van der Waals surface area (Å²) in [6, 6.07) is 22.8. The number of nitrogens with zero attached hydrogens (tertiary/aromatic N) is 1. The van der Waals surface area contributed by atoms with Crippen LogP contribution in [-0.2, 0) is 20.9 Å². The summed E-state index contributed by atoms with van der Waals surface area (Å²) in [5.41, 5.74) is 2.13. The fourth-order valence-electron chi connectivity index (χ4n) is 4.12. The summed E-state index contributed by atoms with van der Waals surface area (Å²) in [6.45, 7) is 1.12. The van der Waals surface area contributed by atoms with Gasteiger partial charge in [-0.15, -0.1) is 0 Å². The second-order valence-electron chi connectivity index (χ2n) is 8.19. The van der Waals surface area contributed by atoms with Crippen molar-refractivity contribution in [2.24, 2.45) is 0 Å². The maximum Gasteiger partial charge on any atom is 0.295 e. The molecule has 1 heterocycles. The number of ketones is 1. The van der Waals surface area contributed by atoms with Gasteiger partial charge in [0.15, 0.2) is 0 Å². The molecular weight excluding hydrogens is 466 g/mol. The quantitative estimate of drug-likeness (QED) is 0.188. The average molecular weight is 492 g/mol. The van der Waals surface area contributed by atoms with Crippen molar-refractivity contribution < 1.29 is 24.2 Å². The monoisotopic (exact) mass is 491 g/mol. The predicted molar refractivity (Wildman–Crippen MR) is 134 cm³/mol. The molecule has 1 aliphatic rings. The van der Waals surface area contributed by atoms with Gasteiger partial charge in [-0.05, 0) is 53.9 Å². The highest BCUT2D eigenvalue weighted by molar-refractivity contribution is 6.46. The molecule has 0 aromatic heterocycles. The lowest BCUT2D eigenvalue weighted by Crippen LogP contribution is -2.31. The van der Waals surface area contributed by atoms with E-state index in [4.69, 9.17) is 21.1 Å². The minimum Gasteiger partial charge on any atom is -0.507 e. The van der Waals surface area contributed by atoms with Gasteiger partial charge in [-0.25, -0.2) is 0 Å². The Hall–Kier alpha value is -3.61. The van der Waals surface area contributed by atoms with Crippen LogP contribution in [-0.4, -0.2) is 42.0 Å². The Morgan fingerprint density at radius 1 is 1.00 bits per heavy atom. The first-order chi connectivity index (χ1) is 17.0. The molecule has 1 fully saturated rings. The van der Waals surface area contributed by atoms with Gasteiger partial charge in [0.1, 0.15) is 18.1 Å². The standard InChI is InChI=1S/C28H26ClNO5/c1-34-16-6-15-30-25(21-9-5-10-23(17-21)35-18-19-7-3-2-4-8-19)24(27(32)28(30)33)26(31)20-11-13-22(29)14-12-20/h2-5,7-14,17,25,31H,6,15-16,18H2,1H3. The van der Waals surface area contributed by atoms with Gasteiger partial charge in [0.05, 0.1) is 11.6 Å². The van der Waals surface area contributed by atoms with Crippen LogP contribution >= 0.6 is 11.6 Å². The lowest BCUT2D eigenvalue weighted by molar-refractivity contribution is -0.140. The zero-order chi connectivity index (χ0) is 24.8. The molecule has 180 valence electrons. The van der Waals surface area contributed by atoms with E-state index in [9.17, 15) is 14.7 Å². The van der Waals surface area contributed by atoms with Gasteiger partial charge in [0.25, 0.3) is 11.7 Å². The minimum absolute atomic E-state index is 0.0370. The van der Waals surface area contributed by atoms with Crippen molar-refractivity contribution in [2.75, 3.05) is 20.3 Å². The molecule has 1 saturated heterocycles. The molecule has 6 nitrogen and oxygen atoms in total. The molecule has 1 amide bonds. The summed E-state index contributed by atoms with van der Waals surface area (Å²) < 4.78 is 11.1.